The Morgan fingerprint density at radius 1 is 0.833 bits per heavy atom. The van der Waals surface area contributed by atoms with Crippen LogP contribution in [0, 0.1) is 0 Å². The molecule has 0 spiro atoms. The van der Waals surface area contributed by atoms with Gasteiger partial charge in [0.2, 0.25) is 0 Å². The Hall–Kier alpha value is 4.56. The van der Waals surface area contributed by atoms with Crippen LogP contribution in [0.4, 0.5) is 0 Å². The van der Waals surface area contributed by atoms with Crippen molar-refractivity contribution in [1.82, 2.24) is 0 Å². The van der Waals surface area contributed by atoms with Crippen molar-refractivity contribution < 1.29 is 0 Å². The molecule has 0 aliphatic heterocycles. The third-order valence-corrected chi connectivity index (χ3v) is 0. The fourth-order valence-electron chi connectivity index (χ4n) is 0. The molecule has 0 saturated carbocycles. The van der Waals surface area contributed by atoms with Crippen molar-refractivity contribution in [2.75, 3.05) is 0 Å². The second-order valence-corrected chi connectivity index (χ2v) is 19.3. The van der Waals surface area contributed by atoms with Gasteiger partial charge in [-0.1, -0.05) is 0 Å². The molecule has 0 aromatic carbocycles. The van der Waals surface area contributed by atoms with Crippen LogP contribution in [-0.4, -0.2) is 48.8 Å². The summed E-state index contributed by atoms with van der Waals surface area (Å²) in [6.07, 6.45) is 0. The van der Waals surface area contributed by atoms with Crippen LogP contribution in [0.15, 0.2) is 0 Å². The van der Waals surface area contributed by atoms with Gasteiger partial charge in [-0.05, 0) is 90.4 Å². The van der Waals surface area contributed by atoms with E-state index in [1.165, 1.54) is 0 Å². The predicted molar refractivity (Wildman–Crippen MR) is 64.6 cm³/mol. The average molecular weight is 559 g/mol. The van der Waals surface area contributed by atoms with Gasteiger partial charge >= 0.3 is 0 Å². The quantitative estimate of drug-likeness (QED) is 0.244. The van der Waals surface area contributed by atoms with E-state index in [0.29, 0.717) is -2.56 Å². The maximum absolute atomic E-state index is 2.34. The van der Waals surface area contributed by atoms with Crippen LogP contribution in [0.25, 0.3) is 0 Å². The minimum absolute atomic E-state index is 0. The van der Waals surface area contributed by atoms with E-state index in [1.807, 2.05) is 0 Å². The molecular formula is CI4K. The van der Waals surface area contributed by atoms with Crippen molar-refractivity contribution in [1.29, 1.82) is 0 Å². The molecule has 0 N–H and O–H groups in total. The minimum Gasteiger partial charge on any atom is -0.0434 e. The third kappa shape index (κ3) is 23.5. The van der Waals surface area contributed by atoms with E-state index in [1.54, 1.807) is 0 Å². The molecule has 5 heteroatoms. The van der Waals surface area contributed by atoms with Gasteiger partial charge < -0.3 is 0 Å². The summed E-state index contributed by atoms with van der Waals surface area (Å²) >= 11 is 9.35. The maximum atomic E-state index is 2.34. The van der Waals surface area contributed by atoms with Crippen LogP contribution in [0.3, 0.4) is 0 Å². The largest absolute Gasteiger partial charge is 0.174 e. The second-order valence-electron chi connectivity index (χ2n) is 0.429. The molecule has 6 heavy (non-hydrogen) atoms. The third-order valence-electron chi connectivity index (χ3n) is 0. The summed E-state index contributed by atoms with van der Waals surface area (Å²) in [4.78, 5) is 0. The van der Waals surface area contributed by atoms with Crippen LogP contribution < -0.4 is 0 Å². The van der Waals surface area contributed by atoms with Gasteiger partial charge in [0.25, 0.3) is 0 Å². The van der Waals surface area contributed by atoms with Gasteiger partial charge in [0.15, 0.2) is -2.56 Å². The maximum Gasteiger partial charge on any atom is 0.174 e. The number of alkyl halides is 4. The molecule has 0 heterocycles. The molecule has 0 bridgehead atoms. The zero-order chi connectivity index (χ0) is 4.50. The van der Waals surface area contributed by atoms with Crippen LogP contribution in [0.5, 0.6) is 0 Å². The molecule has 0 aromatic heterocycles. The fraction of sp³-hybridized carbons (Fsp3) is 1.00. The standard InChI is InChI=1S/CI4.K/c2-1(3,4)5;. The summed E-state index contributed by atoms with van der Waals surface area (Å²) in [5.74, 6) is 0. The first kappa shape index (κ1) is 13.2. The molecule has 0 aliphatic carbocycles. The smallest absolute Gasteiger partial charge is 0.0434 e. The van der Waals surface area contributed by atoms with Gasteiger partial charge in [-0.2, -0.15) is 0 Å². The fourth-order valence-corrected chi connectivity index (χ4v) is 0. The van der Waals surface area contributed by atoms with Crippen molar-refractivity contribution in [2.24, 2.45) is 0 Å². The first-order valence-electron chi connectivity index (χ1n) is 0.756. The Morgan fingerprint density at radius 3 is 0.833 bits per heavy atom. The molecule has 0 amide bonds. The van der Waals surface area contributed by atoms with Gasteiger partial charge in [-0.25, -0.2) is 0 Å². The summed E-state index contributed by atoms with van der Waals surface area (Å²) in [6, 6.07) is 0. The topological polar surface area (TPSA) is 0 Å². The Labute approximate surface area is 135 Å². The van der Waals surface area contributed by atoms with Crippen LogP contribution in [-0.2, 0) is 0 Å². The Kier molecular flexibility index (Phi) is 13.8. The van der Waals surface area contributed by atoms with Gasteiger partial charge in [0, 0.05) is 51.4 Å². The normalized spacial score (nSPS) is 10.0. The van der Waals surface area contributed by atoms with Crippen LogP contribution in [0.1, 0.15) is 0 Å². The van der Waals surface area contributed by atoms with E-state index in [2.05, 4.69) is 90.4 Å². The molecule has 0 rings (SSSR count). The number of rotatable bonds is 0. The van der Waals surface area contributed by atoms with Gasteiger partial charge in [-0.3, -0.25) is 0 Å². The first-order valence-corrected chi connectivity index (χ1v) is 5.07. The number of hydrogen-bond donors (Lipinski definition) is 0. The summed E-state index contributed by atoms with van der Waals surface area (Å²) in [7, 11) is 0. The number of hydrogen-bond acceptors (Lipinski definition) is 0. The monoisotopic (exact) mass is 559 g/mol. The van der Waals surface area contributed by atoms with E-state index in [4.69, 9.17) is 0 Å². The molecule has 0 aliphatic rings. The van der Waals surface area contributed by atoms with Crippen molar-refractivity contribution in [3.63, 3.8) is 0 Å². The molecule has 0 unspecified atom stereocenters. The minimum atomic E-state index is 0. The van der Waals surface area contributed by atoms with Gasteiger partial charge in [0.1, 0.15) is 0 Å². The van der Waals surface area contributed by atoms with E-state index in [9.17, 15) is 0 Å². The van der Waals surface area contributed by atoms with E-state index >= 15 is 0 Å². The first-order chi connectivity index (χ1) is 2.00. The number of halogens is 4. The van der Waals surface area contributed by atoms with E-state index in [-0.39, 0.29) is 51.4 Å². The van der Waals surface area contributed by atoms with Crippen molar-refractivity contribution in [2.45, 2.75) is -2.56 Å². The second kappa shape index (κ2) is 6.28. The molecule has 0 atom stereocenters. The van der Waals surface area contributed by atoms with Crippen LogP contribution >= 0.6 is 90.4 Å². The average Bonchev–Trinajstić information content (AvgIpc) is 0.722. The van der Waals surface area contributed by atoms with Crippen molar-refractivity contribution >= 4 is 142 Å². The van der Waals surface area contributed by atoms with Crippen molar-refractivity contribution in [3.8, 4) is 0 Å². The Balaban J connectivity index is 0. The van der Waals surface area contributed by atoms with Gasteiger partial charge in [-0.15, -0.1) is 0 Å². The molecule has 1 radical (unpaired) electrons. The van der Waals surface area contributed by atoms with Gasteiger partial charge in [0.05, 0.1) is 0 Å². The molecule has 0 saturated heterocycles. The summed E-state index contributed by atoms with van der Waals surface area (Å²) < 4.78 is 0.380. The molecule has 0 fully saturated rings. The zero-order valence-corrected chi connectivity index (χ0v) is 14.8. The summed E-state index contributed by atoms with van der Waals surface area (Å²) in [6.45, 7) is 0. The predicted octanol–water partition coefficient (Wildman–Crippen LogP) is 2.96. The summed E-state index contributed by atoms with van der Waals surface area (Å²) in [5.41, 5.74) is 0. The Morgan fingerprint density at radius 2 is 0.833 bits per heavy atom. The Bertz CT molecular complexity index is 23.0. The zero-order valence-electron chi connectivity index (χ0n) is 3.01. The molecule has 0 nitrogen and oxygen atoms in total. The van der Waals surface area contributed by atoms with Crippen LogP contribution in [0.2, 0.25) is 0 Å². The van der Waals surface area contributed by atoms with E-state index < -0.39 is 0 Å². The molecule has 0 aromatic rings. The SMILES string of the molecule is IC(I)(I)I.[K]. The molecule has 33 valence electrons. The summed E-state index contributed by atoms with van der Waals surface area (Å²) in [5, 5.41) is 0. The molecular weight excluding hydrogens is 559 g/mol. The van der Waals surface area contributed by atoms with Crippen molar-refractivity contribution in [3.05, 3.63) is 0 Å². The van der Waals surface area contributed by atoms with E-state index in [0.717, 1.165) is 0 Å².